The standard InChI is InChI=1S/C10H21N3O/c11-8-10(13-9(12)14)6-4-2-1-3-5-7-10/h1-8,11H2,(H3,12,13,14). The van der Waals surface area contributed by atoms with Gasteiger partial charge in [-0.05, 0) is 12.8 Å². The molecule has 0 atom stereocenters. The van der Waals surface area contributed by atoms with Gasteiger partial charge in [0.15, 0.2) is 0 Å². The van der Waals surface area contributed by atoms with Crippen molar-refractivity contribution in [2.24, 2.45) is 11.5 Å². The van der Waals surface area contributed by atoms with Crippen LogP contribution in [0.15, 0.2) is 0 Å². The van der Waals surface area contributed by atoms with Crippen LogP contribution < -0.4 is 16.8 Å². The van der Waals surface area contributed by atoms with E-state index in [1.54, 1.807) is 0 Å². The zero-order chi connectivity index (χ0) is 10.4. The molecule has 0 aromatic carbocycles. The summed E-state index contributed by atoms with van der Waals surface area (Å²) in [6, 6.07) is -0.448. The fourth-order valence-corrected chi connectivity index (χ4v) is 2.22. The number of carbonyl (C=O) groups is 1. The van der Waals surface area contributed by atoms with Gasteiger partial charge in [0.1, 0.15) is 0 Å². The number of primary amides is 1. The van der Waals surface area contributed by atoms with Crippen LogP contribution in [0.5, 0.6) is 0 Å². The van der Waals surface area contributed by atoms with E-state index in [2.05, 4.69) is 5.32 Å². The number of hydrogen-bond acceptors (Lipinski definition) is 2. The Balaban J connectivity index is 2.57. The second kappa shape index (κ2) is 5.20. The third kappa shape index (κ3) is 3.18. The van der Waals surface area contributed by atoms with Crippen LogP contribution in [0.1, 0.15) is 44.9 Å². The van der Waals surface area contributed by atoms with Gasteiger partial charge in [0.2, 0.25) is 0 Å². The van der Waals surface area contributed by atoms with E-state index < -0.39 is 6.03 Å². The lowest BCUT2D eigenvalue weighted by atomic mass is 9.84. The minimum Gasteiger partial charge on any atom is -0.352 e. The van der Waals surface area contributed by atoms with Crippen molar-refractivity contribution < 1.29 is 4.79 Å². The smallest absolute Gasteiger partial charge is 0.312 e. The van der Waals surface area contributed by atoms with Crippen LogP contribution in [0.25, 0.3) is 0 Å². The molecule has 0 radical (unpaired) electrons. The molecule has 1 aliphatic carbocycles. The molecule has 0 aromatic rings. The van der Waals surface area contributed by atoms with Crippen LogP contribution >= 0.6 is 0 Å². The Bertz CT molecular complexity index is 186. The van der Waals surface area contributed by atoms with Crippen LogP contribution in [0.2, 0.25) is 0 Å². The zero-order valence-electron chi connectivity index (χ0n) is 8.72. The first-order chi connectivity index (χ1) is 6.68. The van der Waals surface area contributed by atoms with Crippen molar-refractivity contribution in [2.45, 2.75) is 50.5 Å². The number of nitrogens with one attached hydrogen (secondary N) is 1. The van der Waals surface area contributed by atoms with Gasteiger partial charge in [-0.1, -0.05) is 32.1 Å². The van der Waals surface area contributed by atoms with Gasteiger partial charge in [0.25, 0.3) is 0 Å². The van der Waals surface area contributed by atoms with E-state index in [0.717, 1.165) is 25.7 Å². The molecule has 1 fully saturated rings. The fourth-order valence-electron chi connectivity index (χ4n) is 2.22. The predicted octanol–water partition coefficient (Wildman–Crippen LogP) is 1.10. The van der Waals surface area contributed by atoms with Crippen molar-refractivity contribution in [3.05, 3.63) is 0 Å². The summed E-state index contributed by atoms with van der Waals surface area (Å²) in [6.45, 7) is 0.496. The van der Waals surface area contributed by atoms with Crippen molar-refractivity contribution in [1.29, 1.82) is 0 Å². The molecule has 4 heteroatoms. The lowest BCUT2D eigenvalue weighted by Gasteiger charge is -2.34. The Hall–Kier alpha value is -0.770. The molecule has 0 unspecified atom stereocenters. The highest BCUT2D eigenvalue weighted by molar-refractivity contribution is 5.72. The topological polar surface area (TPSA) is 81.1 Å². The Kier molecular flexibility index (Phi) is 4.20. The van der Waals surface area contributed by atoms with Gasteiger partial charge in [-0.15, -0.1) is 0 Å². The summed E-state index contributed by atoms with van der Waals surface area (Å²) in [5.74, 6) is 0. The van der Waals surface area contributed by atoms with Gasteiger partial charge in [-0.25, -0.2) is 4.79 Å². The van der Waals surface area contributed by atoms with Crippen LogP contribution in [0.3, 0.4) is 0 Å². The van der Waals surface area contributed by atoms with Gasteiger partial charge in [0.05, 0.1) is 5.54 Å². The molecule has 0 bridgehead atoms. The molecular weight excluding hydrogens is 178 g/mol. The Morgan fingerprint density at radius 3 is 2.07 bits per heavy atom. The van der Waals surface area contributed by atoms with Gasteiger partial charge >= 0.3 is 6.03 Å². The maximum Gasteiger partial charge on any atom is 0.312 e. The molecule has 1 aliphatic rings. The number of nitrogens with two attached hydrogens (primary N) is 2. The second-order valence-corrected chi connectivity index (χ2v) is 4.24. The van der Waals surface area contributed by atoms with Crippen LogP contribution in [-0.2, 0) is 0 Å². The molecule has 0 saturated heterocycles. The highest BCUT2D eigenvalue weighted by atomic mass is 16.2. The molecule has 5 N–H and O–H groups in total. The molecule has 2 amide bonds. The van der Waals surface area contributed by atoms with Gasteiger partial charge in [0, 0.05) is 6.54 Å². The van der Waals surface area contributed by atoms with Crippen LogP contribution in [-0.4, -0.2) is 18.1 Å². The van der Waals surface area contributed by atoms with E-state index in [1.165, 1.54) is 19.3 Å². The molecule has 0 aliphatic heterocycles. The summed E-state index contributed by atoms with van der Waals surface area (Å²) in [4.78, 5) is 10.9. The van der Waals surface area contributed by atoms with Crippen molar-refractivity contribution in [2.75, 3.05) is 6.54 Å². The summed E-state index contributed by atoms with van der Waals surface area (Å²) in [7, 11) is 0. The lowest BCUT2D eigenvalue weighted by Crippen LogP contribution is -2.55. The normalized spacial score (nSPS) is 22.1. The van der Waals surface area contributed by atoms with Gasteiger partial charge < -0.3 is 16.8 Å². The van der Waals surface area contributed by atoms with E-state index >= 15 is 0 Å². The SMILES string of the molecule is NCC1(NC(N)=O)CCCCCCC1. The van der Waals surface area contributed by atoms with Crippen LogP contribution in [0, 0.1) is 0 Å². The first-order valence-electron chi connectivity index (χ1n) is 5.46. The number of hydrogen-bond donors (Lipinski definition) is 3. The predicted molar refractivity (Wildman–Crippen MR) is 56.8 cm³/mol. The van der Waals surface area contributed by atoms with E-state index in [-0.39, 0.29) is 5.54 Å². The van der Waals surface area contributed by atoms with E-state index in [1.807, 2.05) is 0 Å². The number of urea groups is 1. The first-order valence-corrected chi connectivity index (χ1v) is 5.46. The Morgan fingerprint density at radius 2 is 1.64 bits per heavy atom. The quantitative estimate of drug-likeness (QED) is 0.622. The third-order valence-corrected chi connectivity index (χ3v) is 3.09. The second-order valence-electron chi connectivity index (χ2n) is 4.24. The summed E-state index contributed by atoms with van der Waals surface area (Å²) >= 11 is 0. The fraction of sp³-hybridized carbons (Fsp3) is 0.900. The maximum atomic E-state index is 10.9. The number of rotatable bonds is 2. The summed E-state index contributed by atoms with van der Waals surface area (Å²) in [6.07, 6.45) is 7.98. The first kappa shape index (κ1) is 11.3. The van der Waals surface area contributed by atoms with Crippen molar-refractivity contribution in [3.63, 3.8) is 0 Å². The monoisotopic (exact) mass is 199 g/mol. The third-order valence-electron chi connectivity index (χ3n) is 3.09. The highest BCUT2D eigenvalue weighted by Gasteiger charge is 2.29. The lowest BCUT2D eigenvalue weighted by molar-refractivity contribution is 0.219. The molecular formula is C10H21N3O. The molecule has 0 aromatic heterocycles. The molecule has 0 spiro atoms. The minimum absolute atomic E-state index is 0.230. The Morgan fingerprint density at radius 1 is 1.14 bits per heavy atom. The Labute approximate surface area is 85.4 Å². The van der Waals surface area contributed by atoms with E-state index in [4.69, 9.17) is 11.5 Å². The van der Waals surface area contributed by atoms with E-state index in [0.29, 0.717) is 6.54 Å². The molecule has 82 valence electrons. The molecule has 1 rings (SSSR count). The van der Waals surface area contributed by atoms with E-state index in [9.17, 15) is 4.79 Å². The largest absolute Gasteiger partial charge is 0.352 e. The number of carbonyl (C=O) groups excluding carboxylic acids is 1. The van der Waals surface area contributed by atoms with Gasteiger partial charge in [-0.3, -0.25) is 0 Å². The summed E-state index contributed by atoms with van der Waals surface area (Å²) < 4.78 is 0. The summed E-state index contributed by atoms with van der Waals surface area (Å²) in [5, 5.41) is 2.83. The summed E-state index contributed by atoms with van der Waals surface area (Å²) in [5.41, 5.74) is 10.7. The molecule has 1 saturated carbocycles. The minimum atomic E-state index is -0.448. The molecule has 14 heavy (non-hydrogen) atoms. The zero-order valence-corrected chi connectivity index (χ0v) is 8.72. The molecule has 4 nitrogen and oxygen atoms in total. The van der Waals surface area contributed by atoms with Crippen molar-refractivity contribution in [1.82, 2.24) is 5.32 Å². The maximum absolute atomic E-state index is 10.9. The average molecular weight is 199 g/mol. The van der Waals surface area contributed by atoms with Crippen LogP contribution in [0.4, 0.5) is 4.79 Å². The molecule has 0 heterocycles. The highest BCUT2D eigenvalue weighted by Crippen LogP contribution is 2.25. The van der Waals surface area contributed by atoms with Gasteiger partial charge in [-0.2, -0.15) is 0 Å². The van der Waals surface area contributed by atoms with Crippen molar-refractivity contribution in [3.8, 4) is 0 Å². The average Bonchev–Trinajstić information content (AvgIpc) is 2.09. The van der Waals surface area contributed by atoms with Crippen molar-refractivity contribution >= 4 is 6.03 Å². The number of amides is 2.